The Bertz CT molecular complexity index is 1230. The molecule has 0 unspecified atom stereocenters. The van der Waals surface area contributed by atoms with Crippen LogP contribution in [0, 0.1) is 17.0 Å². The molecule has 0 bridgehead atoms. The first-order valence-electron chi connectivity index (χ1n) is 9.87. The lowest BCUT2D eigenvalue weighted by Crippen LogP contribution is -2.49. The molecule has 1 fully saturated rings. The van der Waals surface area contributed by atoms with Crippen molar-refractivity contribution in [3.63, 3.8) is 0 Å². The van der Waals surface area contributed by atoms with Crippen molar-refractivity contribution in [1.82, 2.24) is 19.5 Å². The van der Waals surface area contributed by atoms with E-state index in [-0.39, 0.29) is 23.7 Å². The van der Waals surface area contributed by atoms with Crippen molar-refractivity contribution >= 4 is 33.2 Å². The van der Waals surface area contributed by atoms with Crippen molar-refractivity contribution in [2.24, 2.45) is 0 Å². The maximum absolute atomic E-state index is 12.9. The number of hydrogen-bond acceptors (Lipinski definition) is 9. The van der Waals surface area contributed by atoms with Crippen LogP contribution in [0.5, 0.6) is 0 Å². The van der Waals surface area contributed by atoms with E-state index in [1.807, 2.05) is 36.1 Å². The van der Waals surface area contributed by atoms with Crippen LogP contribution in [0.3, 0.4) is 0 Å². The summed E-state index contributed by atoms with van der Waals surface area (Å²) in [6.45, 7) is 3.22. The second kappa shape index (κ2) is 8.85. The molecule has 1 N–H and O–H groups in total. The van der Waals surface area contributed by atoms with Crippen molar-refractivity contribution in [3.05, 3.63) is 70.4 Å². The molecule has 1 aromatic carbocycles. The van der Waals surface area contributed by atoms with E-state index in [2.05, 4.69) is 20.5 Å². The predicted octanol–water partition coefficient (Wildman–Crippen LogP) is 2.34. The monoisotopic (exact) mass is 455 g/mol. The van der Waals surface area contributed by atoms with Crippen LogP contribution in [0.25, 0.3) is 0 Å². The van der Waals surface area contributed by atoms with Gasteiger partial charge in [-0.05, 0) is 37.3 Å². The number of aryl methyl sites for hydroxylation is 1. The Kier molecular flexibility index (Phi) is 5.97. The molecule has 166 valence electrons. The van der Waals surface area contributed by atoms with Gasteiger partial charge in [0.25, 0.3) is 5.69 Å². The van der Waals surface area contributed by atoms with Crippen LogP contribution < -0.4 is 10.2 Å². The van der Waals surface area contributed by atoms with Crippen LogP contribution in [-0.2, 0) is 10.0 Å². The summed E-state index contributed by atoms with van der Waals surface area (Å²) >= 11 is 0. The summed E-state index contributed by atoms with van der Waals surface area (Å²) in [5.74, 6) is 1.87. The summed E-state index contributed by atoms with van der Waals surface area (Å²) < 4.78 is 27.1. The summed E-state index contributed by atoms with van der Waals surface area (Å²) in [5.41, 5.74) is 0.632. The summed E-state index contributed by atoms with van der Waals surface area (Å²) in [6, 6.07) is 14.3. The number of pyridine rings is 1. The van der Waals surface area contributed by atoms with Gasteiger partial charge in [0, 0.05) is 44.0 Å². The minimum absolute atomic E-state index is 0.0832. The second-order valence-corrected chi connectivity index (χ2v) is 9.15. The molecule has 11 nitrogen and oxygen atoms in total. The third-order valence-corrected chi connectivity index (χ3v) is 6.92. The highest BCUT2D eigenvalue weighted by Gasteiger charge is 2.30. The second-order valence-electron chi connectivity index (χ2n) is 7.21. The predicted molar refractivity (Wildman–Crippen MR) is 118 cm³/mol. The summed E-state index contributed by atoms with van der Waals surface area (Å²) in [4.78, 5) is 16.6. The first-order valence-corrected chi connectivity index (χ1v) is 11.3. The van der Waals surface area contributed by atoms with E-state index in [9.17, 15) is 18.5 Å². The summed E-state index contributed by atoms with van der Waals surface area (Å²) in [5, 5.41) is 22.5. The van der Waals surface area contributed by atoms with Gasteiger partial charge in [0.1, 0.15) is 5.82 Å². The van der Waals surface area contributed by atoms with Crippen LogP contribution in [0.1, 0.15) is 5.69 Å². The van der Waals surface area contributed by atoms with Gasteiger partial charge < -0.3 is 10.2 Å². The normalized spacial score (nSPS) is 14.8. The molecule has 3 heterocycles. The van der Waals surface area contributed by atoms with E-state index < -0.39 is 14.9 Å². The van der Waals surface area contributed by atoms with E-state index >= 15 is 0 Å². The van der Waals surface area contributed by atoms with E-state index in [0.717, 1.165) is 11.8 Å². The number of nitro benzene ring substituents is 1. The fourth-order valence-electron chi connectivity index (χ4n) is 3.37. The highest BCUT2D eigenvalue weighted by atomic mass is 32.2. The number of aromatic nitrogens is 3. The highest BCUT2D eigenvalue weighted by molar-refractivity contribution is 7.89. The molecular weight excluding hydrogens is 434 g/mol. The standard InChI is InChI=1S/C20H21N7O4S/c1-15-4-2-7-18(21-15)22-19-8-9-20(24-23-19)25-10-12-26(13-11-25)32(30,31)17-6-3-5-16(14-17)27(28)29/h2-9,14H,10-13H2,1H3,(H,21,22,23). The zero-order valence-corrected chi connectivity index (χ0v) is 18.1. The molecule has 1 saturated heterocycles. The van der Waals surface area contributed by atoms with Gasteiger partial charge in [-0.15, -0.1) is 10.2 Å². The molecule has 0 radical (unpaired) electrons. The van der Waals surface area contributed by atoms with Crippen LogP contribution in [0.15, 0.2) is 59.5 Å². The van der Waals surface area contributed by atoms with Gasteiger partial charge in [-0.3, -0.25) is 10.1 Å². The number of anilines is 3. The van der Waals surface area contributed by atoms with E-state index in [4.69, 9.17) is 0 Å². The first-order chi connectivity index (χ1) is 15.3. The Hall–Kier alpha value is -3.64. The number of hydrogen-bond donors (Lipinski definition) is 1. The molecule has 4 rings (SSSR count). The summed E-state index contributed by atoms with van der Waals surface area (Å²) in [7, 11) is -3.82. The molecule has 0 aliphatic carbocycles. The number of non-ortho nitro benzene ring substituents is 1. The minimum atomic E-state index is -3.82. The zero-order valence-electron chi connectivity index (χ0n) is 17.2. The Labute approximate surface area is 184 Å². The number of nitrogens with zero attached hydrogens (tertiary/aromatic N) is 6. The van der Waals surface area contributed by atoms with Crippen molar-refractivity contribution in [1.29, 1.82) is 0 Å². The van der Waals surface area contributed by atoms with E-state index in [1.165, 1.54) is 22.5 Å². The SMILES string of the molecule is Cc1cccc(Nc2ccc(N3CCN(S(=O)(=O)c4cccc([N+](=O)[O-])c4)CC3)nn2)n1. The number of nitro groups is 1. The van der Waals surface area contributed by atoms with Crippen molar-refractivity contribution in [2.75, 3.05) is 36.4 Å². The Morgan fingerprint density at radius 3 is 2.38 bits per heavy atom. The molecule has 3 aromatic rings. The fraction of sp³-hybridized carbons (Fsp3) is 0.250. The minimum Gasteiger partial charge on any atom is -0.352 e. The molecule has 12 heteroatoms. The lowest BCUT2D eigenvalue weighted by atomic mass is 10.3. The molecular formula is C20H21N7O4S. The molecule has 0 atom stereocenters. The number of rotatable bonds is 6. The third kappa shape index (κ3) is 4.65. The van der Waals surface area contributed by atoms with Crippen LogP contribution in [-0.4, -0.2) is 59.0 Å². The van der Waals surface area contributed by atoms with E-state index in [1.54, 1.807) is 6.07 Å². The van der Waals surface area contributed by atoms with Gasteiger partial charge in [-0.1, -0.05) is 12.1 Å². The van der Waals surface area contributed by atoms with Gasteiger partial charge in [-0.25, -0.2) is 13.4 Å². The van der Waals surface area contributed by atoms with Gasteiger partial charge in [-0.2, -0.15) is 4.31 Å². The van der Waals surface area contributed by atoms with Gasteiger partial charge in [0.15, 0.2) is 11.6 Å². The van der Waals surface area contributed by atoms with Crippen molar-refractivity contribution in [3.8, 4) is 0 Å². The maximum atomic E-state index is 12.9. The molecule has 0 amide bonds. The Balaban J connectivity index is 1.40. The molecule has 32 heavy (non-hydrogen) atoms. The lowest BCUT2D eigenvalue weighted by molar-refractivity contribution is -0.385. The number of nitrogens with one attached hydrogen (secondary N) is 1. The van der Waals surface area contributed by atoms with Gasteiger partial charge in [0.2, 0.25) is 10.0 Å². The fourth-order valence-corrected chi connectivity index (χ4v) is 4.83. The molecule has 0 spiro atoms. The van der Waals surface area contributed by atoms with E-state index in [0.29, 0.717) is 30.5 Å². The summed E-state index contributed by atoms with van der Waals surface area (Å²) in [6.07, 6.45) is 0. The van der Waals surface area contributed by atoms with Crippen molar-refractivity contribution in [2.45, 2.75) is 11.8 Å². The third-order valence-electron chi connectivity index (χ3n) is 5.02. The lowest BCUT2D eigenvalue weighted by Gasteiger charge is -2.34. The molecule has 2 aromatic heterocycles. The van der Waals surface area contributed by atoms with Crippen LogP contribution in [0.2, 0.25) is 0 Å². The Morgan fingerprint density at radius 2 is 1.72 bits per heavy atom. The van der Waals surface area contributed by atoms with Crippen LogP contribution in [0.4, 0.5) is 23.1 Å². The average Bonchev–Trinajstić information content (AvgIpc) is 2.80. The topological polar surface area (TPSA) is 134 Å². The van der Waals surface area contributed by atoms with Crippen LogP contribution >= 0.6 is 0 Å². The highest BCUT2D eigenvalue weighted by Crippen LogP contribution is 2.23. The quantitative estimate of drug-likeness (QED) is 0.439. The number of piperazine rings is 1. The number of sulfonamides is 1. The van der Waals surface area contributed by atoms with Gasteiger partial charge >= 0.3 is 0 Å². The zero-order chi connectivity index (χ0) is 22.7. The molecule has 1 aliphatic rings. The van der Waals surface area contributed by atoms with Crippen molar-refractivity contribution < 1.29 is 13.3 Å². The average molecular weight is 456 g/mol. The first kappa shape index (κ1) is 21.6. The van der Waals surface area contributed by atoms with Gasteiger partial charge in [0.05, 0.1) is 9.82 Å². The molecule has 1 aliphatic heterocycles. The number of benzene rings is 1. The Morgan fingerprint density at radius 1 is 0.969 bits per heavy atom. The molecule has 0 saturated carbocycles. The smallest absolute Gasteiger partial charge is 0.270 e. The largest absolute Gasteiger partial charge is 0.352 e. The maximum Gasteiger partial charge on any atom is 0.270 e.